The lowest BCUT2D eigenvalue weighted by Crippen LogP contribution is -2.24. The van der Waals surface area contributed by atoms with Gasteiger partial charge in [0.25, 0.3) is 0 Å². The fourth-order valence-corrected chi connectivity index (χ4v) is 4.99. The lowest BCUT2D eigenvalue weighted by atomic mass is 10.1. The Morgan fingerprint density at radius 2 is 1.76 bits per heavy atom. The first-order chi connectivity index (χ1) is 13.5. The number of hydrogen-bond donors (Lipinski definition) is 1. The van der Waals surface area contributed by atoms with E-state index in [0.717, 1.165) is 6.42 Å². The third-order valence-corrected chi connectivity index (χ3v) is 6.00. The fourth-order valence-electron chi connectivity index (χ4n) is 2.92. The molecule has 2 heterocycles. The number of aromatic nitrogens is 4. The van der Waals surface area contributed by atoms with Crippen LogP contribution in [0.15, 0.2) is 6.33 Å². The molecular formula is C18H31ClN5O4P. The molecule has 0 aliphatic rings. The van der Waals surface area contributed by atoms with E-state index < -0.39 is 7.60 Å². The molecule has 1 atom stereocenters. The maximum absolute atomic E-state index is 13.1. The SMILES string of the molecule is CC(C)C[C@@H](Cn1cnc2c(Cl)nc(N)nc21)OCP(=O)(OC(C)C)OC(C)C. The van der Waals surface area contributed by atoms with E-state index in [1.54, 1.807) is 6.33 Å². The van der Waals surface area contributed by atoms with Crippen molar-refractivity contribution < 1.29 is 18.3 Å². The van der Waals surface area contributed by atoms with E-state index >= 15 is 0 Å². The minimum atomic E-state index is -3.40. The van der Waals surface area contributed by atoms with E-state index in [4.69, 9.17) is 31.1 Å². The van der Waals surface area contributed by atoms with Crippen LogP contribution in [-0.4, -0.2) is 44.2 Å². The first-order valence-corrected chi connectivity index (χ1v) is 11.8. The molecule has 0 fully saturated rings. The zero-order chi connectivity index (χ0) is 21.8. The van der Waals surface area contributed by atoms with Gasteiger partial charge in [-0.2, -0.15) is 9.97 Å². The summed E-state index contributed by atoms with van der Waals surface area (Å²) in [6.07, 6.45) is 1.47. The van der Waals surface area contributed by atoms with Gasteiger partial charge in [-0.3, -0.25) is 4.57 Å². The van der Waals surface area contributed by atoms with Crippen molar-refractivity contribution in [2.75, 3.05) is 12.1 Å². The summed E-state index contributed by atoms with van der Waals surface area (Å²) in [7, 11) is -3.40. The highest BCUT2D eigenvalue weighted by atomic mass is 35.5. The third-order valence-electron chi connectivity index (χ3n) is 3.78. The molecule has 2 aromatic heterocycles. The van der Waals surface area contributed by atoms with Gasteiger partial charge in [0.2, 0.25) is 5.95 Å². The highest BCUT2D eigenvalue weighted by Crippen LogP contribution is 2.50. The van der Waals surface area contributed by atoms with Gasteiger partial charge in [0.05, 0.1) is 31.2 Å². The molecule has 164 valence electrons. The van der Waals surface area contributed by atoms with Crippen LogP contribution in [-0.2, 0) is 24.9 Å². The highest BCUT2D eigenvalue weighted by molar-refractivity contribution is 7.53. The average molecular weight is 448 g/mol. The Morgan fingerprint density at radius 1 is 1.14 bits per heavy atom. The summed E-state index contributed by atoms with van der Waals surface area (Å²) in [4.78, 5) is 12.4. The van der Waals surface area contributed by atoms with Gasteiger partial charge < -0.3 is 24.1 Å². The van der Waals surface area contributed by atoms with Crippen LogP contribution < -0.4 is 5.73 Å². The summed E-state index contributed by atoms with van der Waals surface area (Å²) < 4.78 is 32.1. The summed E-state index contributed by atoms with van der Waals surface area (Å²) in [5.74, 6) is 0.431. The van der Waals surface area contributed by atoms with Crippen molar-refractivity contribution in [2.24, 2.45) is 5.92 Å². The predicted molar refractivity (Wildman–Crippen MR) is 114 cm³/mol. The second-order valence-corrected chi connectivity index (χ2v) is 10.2. The highest BCUT2D eigenvalue weighted by Gasteiger charge is 2.30. The molecule has 0 spiro atoms. The van der Waals surface area contributed by atoms with Gasteiger partial charge in [-0.05, 0) is 40.0 Å². The van der Waals surface area contributed by atoms with E-state index in [0.29, 0.717) is 23.6 Å². The van der Waals surface area contributed by atoms with Crippen LogP contribution >= 0.6 is 19.2 Å². The fraction of sp³-hybridized carbons (Fsp3) is 0.722. The lowest BCUT2D eigenvalue weighted by Gasteiger charge is -2.26. The Balaban J connectivity index is 2.20. The number of nitrogen functional groups attached to an aromatic ring is 1. The minimum Gasteiger partial charge on any atom is -0.368 e. The molecule has 0 aliphatic carbocycles. The van der Waals surface area contributed by atoms with Gasteiger partial charge in [-0.25, -0.2) is 4.98 Å². The Hall–Kier alpha value is -1.25. The summed E-state index contributed by atoms with van der Waals surface area (Å²) in [5, 5.41) is 0.202. The summed E-state index contributed by atoms with van der Waals surface area (Å²) in [6, 6.07) is 0. The normalized spacial score (nSPS) is 13.9. The first kappa shape index (κ1) is 24.0. The average Bonchev–Trinajstić information content (AvgIpc) is 2.93. The van der Waals surface area contributed by atoms with Crippen LogP contribution in [0.5, 0.6) is 0 Å². The zero-order valence-corrected chi connectivity index (χ0v) is 19.5. The Morgan fingerprint density at radius 3 is 2.31 bits per heavy atom. The molecule has 0 unspecified atom stereocenters. The molecule has 2 rings (SSSR count). The standard InChI is InChI=1S/C18H31ClN5O4P/c1-11(2)7-14(26-10-29(25,27-12(3)4)28-13(5)6)8-24-9-21-15-16(19)22-18(20)23-17(15)24/h9,11-14H,7-8,10H2,1-6H3,(H2,20,22,23)/t14-/m0/s1. The molecule has 0 saturated heterocycles. The van der Waals surface area contributed by atoms with Crippen molar-refractivity contribution in [3.8, 4) is 0 Å². The smallest absolute Gasteiger partial charge is 0.356 e. The molecule has 2 N–H and O–H groups in total. The largest absolute Gasteiger partial charge is 0.368 e. The van der Waals surface area contributed by atoms with Crippen molar-refractivity contribution in [1.29, 1.82) is 0 Å². The molecular weight excluding hydrogens is 417 g/mol. The summed E-state index contributed by atoms with van der Waals surface area (Å²) >= 11 is 6.11. The molecule has 0 radical (unpaired) electrons. The zero-order valence-electron chi connectivity index (χ0n) is 17.8. The Kier molecular flexibility index (Phi) is 8.43. The number of nitrogens with two attached hydrogens (primary N) is 1. The van der Waals surface area contributed by atoms with Crippen LogP contribution in [0.25, 0.3) is 11.2 Å². The van der Waals surface area contributed by atoms with E-state index in [2.05, 4.69) is 28.8 Å². The number of rotatable bonds is 11. The van der Waals surface area contributed by atoms with E-state index in [-0.39, 0.29) is 35.8 Å². The molecule has 0 saturated carbocycles. The van der Waals surface area contributed by atoms with Crippen LogP contribution in [0.2, 0.25) is 5.15 Å². The van der Waals surface area contributed by atoms with Crippen LogP contribution in [0.4, 0.5) is 5.95 Å². The number of ether oxygens (including phenoxy) is 1. The second-order valence-electron chi connectivity index (χ2n) is 7.91. The molecule has 0 amide bonds. The molecule has 9 nitrogen and oxygen atoms in total. The van der Waals surface area contributed by atoms with Gasteiger partial charge in [-0.1, -0.05) is 25.4 Å². The molecule has 0 aliphatic heterocycles. The van der Waals surface area contributed by atoms with Crippen molar-refractivity contribution in [3.63, 3.8) is 0 Å². The summed E-state index contributed by atoms with van der Waals surface area (Å²) in [6.45, 7) is 11.9. The van der Waals surface area contributed by atoms with Crippen LogP contribution in [0, 0.1) is 5.92 Å². The number of imidazole rings is 1. The number of hydrogen-bond acceptors (Lipinski definition) is 8. The van der Waals surface area contributed by atoms with E-state index in [9.17, 15) is 4.57 Å². The van der Waals surface area contributed by atoms with E-state index in [1.165, 1.54) is 0 Å². The van der Waals surface area contributed by atoms with Crippen molar-refractivity contribution >= 4 is 36.3 Å². The molecule has 2 aromatic rings. The maximum Gasteiger partial charge on any atom is 0.356 e. The third kappa shape index (κ3) is 7.19. The van der Waals surface area contributed by atoms with Crippen LogP contribution in [0.1, 0.15) is 48.0 Å². The maximum atomic E-state index is 13.1. The number of halogens is 1. The van der Waals surface area contributed by atoms with Gasteiger partial charge in [0.15, 0.2) is 10.8 Å². The van der Waals surface area contributed by atoms with Gasteiger partial charge in [0, 0.05) is 0 Å². The molecule has 0 bridgehead atoms. The van der Waals surface area contributed by atoms with Crippen molar-refractivity contribution in [3.05, 3.63) is 11.5 Å². The predicted octanol–water partition coefficient (Wildman–Crippen LogP) is 4.49. The van der Waals surface area contributed by atoms with Crippen molar-refractivity contribution in [2.45, 2.75) is 72.8 Å². The number of anilines is 1. The quantitative estimate of drug-likeness (QED) is 0.395. The van der Waals surface area contributed by atoms with Crippen molar-refractivity contribution in [1.82, 2.24) is 19.5 Å². The topological polar surface area (TPSA) is 114 Å². The van der Waals surface area contributed by atoms with Gasteiger partial charge in [0.1, 0.15) is 11.9 Å². The molecule has 29 heavy (non-hydrogen) atoms. The molecule has 11 heteroatoms. The van der Waals surface area contributed by atoms with Gasteiger partial charge in [-0.15, -0.1) is 0 Å². The monoisotopic (exact) mass is 447 g/mol. The number of fused-ring (bicyclic) bond motifs is 1. The molecule has 0 aromatic carbocycles. The first-order valence-electron chi connectivity index (χ1n) is 9.70. The number of nitrogens with zero attached hydrogens (tertiary/aromatic N) is 4. The Bertz CT molecular complexity index is 844. The van der Waals surface area contributed by atoms with Crippen LogP contribution in [0.3, 0.4) is 0 Å². The minimum absolute atomic E-state index is 0.0748. The second kappa shape index (κ2) is 10.2. The van der Waals surface area contributed by atoms with E-state index in [1.807, 2.05) is 32.3 Å². The Labute approximate surface area is 176 Å². The summed E-state index contributed by atoms with van der Waals surface area (Å²) in [5.41, 5.74) is 6.72. The van der Waals surface area contributed by atoms with Gasteiger partial charge >= 0.3 is 7.60 Å². The lowest BCUT2D eigenvalue weighted by molar-refractivity contribution is 0.0335.